The van der Waals surface area contributed by atoms with Gasteiger partial charge >= 0.3 is 18.3 Å². The second kappa shape index (κ2) is 9.02. The third-order valence-corrected chi connectivity index (χ3v) is 5.12. The summed E-state index contributed by atoms with van der Waals surface area (Å²) in [5, 5.41) is 0.894. The zero-order chi connectivity index (χ0) is 25.3. The first kappa shape index (κ1) is 23.6. The third-order valence-electron chi connectivity index (χ3n) is 5.12. The fourth-order valence-corrected chi connectivity index (χ4v) is 3.61. The molecule has 6 nitrogen and oxygen atoms in total. The molecule has 178 valence electrons. The molecule has 3 aromatic carbocycles. The predicted octanol–water partition coefficient (Wildman–Crippen LogP) is 6.64. The lowest BCUT2D eigenvalue weighted by Crippen LogP contribution is -2.18. The molecule has 0 aliphatic carbocycles. The van der Waals surface area contributed by atoms with Crippen LogP contribution in [0.4, 0.5) is 13.2 Å². The molecule has 0 atom stereocenters. The Morgan fingerprint density at radius 3 is 2.09 bits per heavy atom. The zero-order valence-electron chi connectivity index (χ0n) is 18.3. The van der Waals surface area contributed by atoms with Crippen LogP contribution >= 0.6 is 0 Å². The fraction of sp³-hybridized carbons (Fsp3) is 0.0769. The molecule has 0 amide bonds. The molecule has 0 bridgehead atoms. The Labute approximate surface area is 196 Å². The van der Waals surface area contributed by atoms with Gasteiger partial charge in [0, 0.05) is 28.5 Å². The Bertz CT molecular complexity index is 1480. The number of hydrogen-bond acceptors (Lipinski definition) is 6. The largest absolute Gasteiger partial charge is 0.573 e. The summed E-state index contributed by atoms with van der Waals surface area (Å²) in [6.07, 6.45) is -3.19. The van der Waals surface area contributed by atoms with Gasteiger partial charge in [-0.3, -0.25) is 0 Å². The van der Waals surface area contributed by atoms with Crippen LogP contribution in [-0.2, 0) is 9.59 Å². The first-order chi connectivity index (χ1) is 16.6. The number of hydrogen-bond donors (Lipinski definition) is 0. The number of carbonyl (C=O) groups excluding carboxylic acids is 2. The van der Waals surface area contributed by atoms with E-state index in [2.05, 4.69) is 17.9 Å². The van der Waals surface area contributed by atoms with Gasteiger partial charge in [0.2, 0.25) is 5.75 Å². The minimum atomic E-state index is -5.06. The summed E-state index contributed by atoms with van der Waals surface area (Å²) in [4.78, 5) is 23.0. The van der Waals surface area contributed by atoms with Crippen LogP contribution in [0.25, 0.3) is 33.1 Å². The van der Waals surface area contributed by atoms with E-state index in [-0.39, 0.29) is 5.58 Å². The van der Waals surface area contributed by atoms with E-state index in [4.69, 9.17) is 13.9 Å². The summed E-state index contributed by atoms with van der Waals surface area (Å²) in [6.45, 7) is 8.35. The van der Waals surface area contributed by atoms with Crippen molar-refractivity contribution >= 4 is 33.9 Å². The van der Waals surface area contributed by atoms with Gasteiger partial charge in [0.25, 0.3) is 0 Å². The number of rotatable bonds is 6. The number of carbonyl (C=O) groups is 2. The fourth-order valence-electron chi connectivity index (χ4n) is 3.61. The topological polar surface area (TPSA) is 75.0 Å². The lowest BCUT2D eigenvalue weighted by atomic mass is 9.98. The lowest BCUT2D eigenvalue weighted by molar-refractivity contribution is -0.274. The maximum atomic E-state index is 13.2. The van der Waals surface area contributed by atoms with Gasteiger partial charge in [-0.05, 0) is 48.4 Å². The van der Waals surface area contributed by atoms with Crippen molar-refractivity contribution in [2.75, 3.05) is 0 Å². The quantitative estimate of drug-likeness (QED) is 0.174. The third kappa shape index (κ3) is 4.74. The molecule has 0 fully saturated rings. The molecule has 35 heavy (non-hydrogen) atoms. The number of furan rings is 1. The first-order valence-electron chi connectivity index (χ1n) is 10.1. The Kier molecular flexibility index (Phi) is 6.09. The normalized spacial score (nSPS) is 11.3. The van der Waals surface area contributed by atoms with Gasteiger partial charge in [-0.2, -0.15) is 0 Å². The van der Waals surface area contributed by atoms with Crippen LogP contribution < -0.4 is 14.2 Å². The minimum Gasteiger partial charge on any atom is -0.452 e. The summed E-state index contributed by atoms with van der Waals surface area (Å²) in [5.74, 6) is -2.44. The zero-order valence-corrected chi connectivity index (χ0v) is 18.3. The van der Waals surface area contributed by atoms with Crippen molar-refractivity contribution < 1.29 is 41.4 Å². The van der Waals surface area contributed by atoms with Crippen molar-refractivity contribution in [2.24, 2.45) is 0 Å². The SMILES string of the molecule is C=CC(=O)Oc1ccc(-c2ccc3c(oc4c(OC(F)(F)F)c(OC(=O)C=C)ccc43)c2C)cc1. The van der Waals surface area contributed by atoms with Crippen LogP contribution in [0, 0.1) is 6.92 Å². The molecule has 1 aromatic heterocycles. The Balaban J connectivity index is 1.84. The highest BCUT2D eigenvalue weighted by Crippen LogP contribution is 2.45. The number of benzene rings is 3. The molecule has 0 aliphatic rings. The van der Waals surface area contributed by atoms with E-state index in [1.54, 1.807) is 43.3 Å². The molecule has 0 radical (unpaired) electrons. The lowest BCUT2D eigenvalue weighted by Gasteiger charge is -2.12. The van der Waals surface area contributed by atoms with E-state index in [0.717, 1.165) is 23.3 Å². The average molecular weight is 482 g/mol. The van der Waals surface area contributed by atoms with Crippen LogP contribution in [0.3, 0.4) is 0 Å². The molecule has 1 heterocycles. The van der Waals surface area contributed by atoms with Gasteiger partial charge in [0.15, 0.2) is 11.3 Å². The van der Waals surface area contributed by atoms with Crippen molar-refractivity contribution in [3.63, 3.8) is 0 Å². The van der Waals surface area contributed by atoms with Gasteiger partial charge in [0.05, 0.1) is 0 Å². The number of fused-ring (bicyclic) bond motifs is 3. The standard InChI is InChI=1S/C26H17F3O6/c1-4-21(30)32-16-8-6-15(7-9-16)17-10-11-18-19-12-13-20(33-22(31)5-2)25(35-26(27,28)29)24(19)34-23(18)14(17)3/h4-13H,1-2H2,3H3. The average Bonchev–Trinajstić information content (AvgIpc) is 3.20. The molecule has 0 unspecified atom stereocenters. The Morgan fingerprint density at radius 1 is 0.857 bits per heavy atom. The Hall–Kier alpha value is -4.53. The molecule has 0 saturated heterocycles. The summed E-state index contributed by atoms with van der Waals surface area (Å²) in [5.41, 5.74) is 2.26. The molecule has 0 saturated carbocycles. The van der Waals surface area contributed by atoms with E-state index in [1.165, 1.54) is 12.1 Å². The van der Waals surface area contributed by atoms with Crippen LogP contribution in [0.5, 0.6) is 17.2 Å². The summed E-state index contributed by atoms with van der Waals surface area (Å²) >= 11 is 0. The number of esters is 2. The van der Waals surface area contributed by atoms with Crippen LogP contribution in [0.15, 0.2) is 78.3 Å². The highest BCUT2D eigenvalue weighted by Gasteiger charge is 2.35. The van der Waals surface area contributed by atoms with Gasteiger partial charge in [0.1, 0.15) is 11.3 Å². The second-order valence-corrected chi connectivity index (χ2v) is 7.31. The van der Waals surface area contributed by atoms with E-state index in [0.29, 0.717) is 27.7 Å². The van der Waals surface area contributed by atoms with Gasteiger partial charge in [-0.1, -0.05) is 31.4 Å². The van der Waals surface area contributed by atoms with Crippen molar-refractivity contribution in [3.05, 3.63) is 79.4 Å². The smallest absolute Gasteiger partial charge is 0.452 e. The molecule has 9 heteroatoms. The van der Waals surface area contributed by atoms with E-state index in [1.807, 2.05) is 0 Å². The Morgan fingerprint density at radius 2 is 1.46 bits per heavy atom. The number of halogens is 3. The van der Waals surface area contributed by atoms with Gasteiger partial charge in [-0.25, -0.2) is 9.59 Å². The maximum Gasteiger partial charge on any atom is 0.573 e. The van der Waals surface area contributed by atoms with E-state index in [9.17, 15) is 22.8 Å². The van der Waals surface area contributed by atoms with Crippen molar-refractivity contribution in [2.45, 2.75) is 13.3 Å². The highest BCUT2D eigenvalue weighted by molar-refractivity contribution is 6.10. The van der Waals surface area contributed by atoms with Crippen molar-refractivity contribution in [1.82, 2.24) is 0 Å². The van der Waals surface area contributed by atoms with Crippen LogP contribution in [-0.4, -0.2) is 18.3 Å². The molecule has 4 rings (SSSR count). The summed E-state index contributed by atoms with van der Waals surface area (Å²) in [6, 6.07) is 12.9. The number of alkyl halides is 3. The van der Waals surface area contributed by atoms with Crippen molar-refractivity contribution in [3.8, 4) is 28.4 Å². The first-order valence-corrected chi connectivity index (χ1v) is 10.1. The molecule has 0 N–H and O–H groups in total. The van der Waals surface area contributed by atoms with E-state index >= 15 is 0 Å². The number of ether oxygens (including phenoxy) is 3. The molecule has 0 aliphatic heterocycles. The maximum absolute atomic E-state index is 13.2. The highest BCUT2D eigenvalue weighted by atomic mass is 19.4. The molecular weight excluding hydrogens is 465 g/mol. The summed E-state index contributed by atoms with van der Waals surface area (Å²) < 4.78 is 59.5. The monoisotopic (exact) mass is 482 g/mol. The predicted molar refractivity (Wildman–Crippen MR) is 122 cm³/mol. The van der Waals surface area contributed by atoms with Gasteiger partial charge < -0.3 is 18.6 Å². The van der Waals surface area contributed by atoms with Crippen molar-refractivity contribution in [1.29, 1.82) is 0 Å². The summed E-state index contributed by atoms with van der Waals surface area (Å²) in [7, 11) is 0. The van der Waals surface area contributed by atoms with Crippen LogP contribution in [0.2, 0.25) is 0 Å². The van der Waals surface area contributed by atoms with E-state index < -0.39 is 29.8 Å². The molecule has 0 spiro atoms. The second-order valence-electron chi connectivity index (χ2n) is 7.31. The number of aryl methyl sites for hydroxylation is 1. The molecular formula is C26H17F3O6. The van der Waals surface area contributed by atoms with Crippen LogP contribution in [0.1, 0.15) is 5.56 Å². The van der Waals surface area contributed by atoms with Gasteiger partial charge in [-0.15, -0.1) is 13.2 Å². The molecule has 4 aromatic rings. The minimum absolute atomic E-state index is 0.223.